The monoisotopic (exact) mass is 337 g/mol. The van der Waals surface area contributed by atoms with Crippen molar-refractivity contribution in [3.63, 3.8) is 0 Å². The number of carbonyl (C=O) groups is 1. The summed E-state index contributed by atoms with van der Waals surface area (Å²) in [6, 6.07) is 5.36. The van der Waals surface area contributed by atoms with Crippen molar-refractivity contribution in [1.29, 1.82) is 0 Å². The molecule has 24 heavy (non-hydrogen) atoms. The minimum Gasteiger partial charge on any atom is -0.493 e. The highest BCUT2D eigenvalue weighted by atomic mass is 16.5. The molecule has 1 aliphatic rings. The van der Waals surface area contributed by atoms with Gasteiger partial charge in [0.05, 0.1) is 26.4 Å². The number of anilines is 1. The number of ether oxygens (including phenoxy) is 3. The van der Waals surface area contributed by atoms with Crippen LogP contribution in [0.25, 0.3) is 0 Å². The third kappa shape index (κ3) is 4.30. The molecule has 1 saturated heterocycles. The summed E-state index contributed by atoms with van der Waals surface area (Å²) < 4.78 is 15.9. The van der Waals surface area contributed by atoms with Crippen LogP contribution in [0.3, 0.4) is 0 Å². The number of nitrogens with zero attached hydrogens (tertiary/aromatic N) is 1. The molecule has 0 radical (unpaired) electrons. The maximum atomic E-state index is 12.3. The van der Waals surface area contributed by atoms with E-state index in [1.165, 1.54) is 0 Å². The maximum Gasteiger partial charge on any atom is 0.319 e. The van der Waals surface area contributed by atoms with Gasteiger partial charge in [-0.2, -0.15) is 0 Å². The van der Waals surface area contributed by atoms with Gasteiger partial charge in [-0.3, -0.25) is 4.90 Å². The molecule has 2 rings (SSSR count). The number of hydrogen-bond donors (Lipinski definition) is 2. The van der Waals surface area contributed by atoms with Gasteiger partial charge in [0.25, 0.3) is 0 Å². The van der Waals surface area contributed by atoms with Gasteiger partial charge in [-0.1, -0.05) is 0 Å². The Morgan fingerprint density at radius 2 is 1.88 bits per heavy atom. The maximum absolute atomic E-state index is 12.3. The van der Waals surface area contributed by atoms with Crippen LogP contribution in [0.1, 0.15) is 13.8 Å². The molecule has 7 nitrogen and oxygen atoms in total. The minimum atomic E-state index is -0.264. The first-order chi connectivity index (χ1) is 11.5. The Labute approximate surface area is 143 Å². The third-order valence-electron chi connectivity index (χ3n) is 4.29. The number of urea groups is 1. The third-order valence-corrected chi connectivity index (χ3v) is 4.29. The normalized spacial score (nSPS) is 20.9. The van der Waals surface area contributed by atoms with Crippen LogP contribution < -0.4 is 20.1 Å². The Morgan fingerprint density at radius 1 is 1.17 bits per heavy atom. The molecule has 1 heterocycles. The molecule has 0 unspecified atom stereocenters. The van der Waals surface area contributed by atoms with Gasteiger partial charge in [0, 0.05) is 38.0 Å². The topological polar surface area (TPSA) is 72.1 Å². The molecule has 1 aromatic carbocycles. The van der Waals surface area contributed by atoms with Crippen molar-refractivity contribution >= 4 is 11.7 Å². The van der Waals surface area contributed by atoms with E-state index in [2.05, 4.69) is 29.4 Å². The van der Waals surface area contributed by atoms with Gasteiger partial charge in [-0.25, -0.2) is 4.79 Å². The van der Waals surface area contributed by atoms with Gasteiger partial charge >= 0.3 is 6.03 Å². The SMILES string of the molecule is COc1ccc(NC(=O)N[C@@H]2CN(C(C)C)C[C@H]2OC)cc1OC. The van der Waals surface area contributed by atoms with Gasteiger partial charge in [0.1, 0.15) is 0 Å². The van der Waals surface area contributed by atoms with E-state index in [0.29, 0.717) is 23.2 Å². The lowest BCUT2D eigenvalue weighted by Crippen LogP contribution is -2.45. The zero-order valence-corrected chi connectivity index (χ0v) is 15.0. The summed E-state index contributed by atoms with van der Waals surface area (Å²) >= 11 is 0. The van der Waals surface area contributed by atoms with E-state index in [9.17, 15) is 4.79 Å². The molecular formula is C17H27N3O4. The van der Waals surface area contributed by atoms with Gasteiger partial charge in [-0.05, 0) is 26.0 Å². The van der Waals surface area contributed by atoms with Gasteiger partial charge < -0.3 is 24.8 Å². The number of hydrogen-bond acceptors (Lipinski definition) is 5. The average Bonchev–Trinajstić information content (AvgIpc) is 2.97. The van der Waals surface area contributed by atoms with Crippen LogP contribution >= 0.6 is 0 Å². The number of benzene rings is 1. The van der Waals surface area contributed by atoms with E-state index in [0.717, 1.165) is 13.1 Å². The molecule has 7 heteroatoms. The van der Waals surface area contributed by atoms with E-state index in [1.54, 1.807) is 39.5 Å². The summed E-state index contributed by atoms with van der Waals surface area (Å²) in [7, 11) is 4.81. The van der Waals surface area contributed by atoms with Crippen molar-refractivity contribution in [3.8, 4) is 11.5 Å². The number of methoxy groups -OCH3 is 3. The van der Waals surface area contributed by atoms with Crippen LogP contribution in [0, 0.1) is 0 Å². The average molecular weight is 337 g/mol. The molecule has 0 bridgehead atoms. The quantitative estimate of drug-likeness (QED) is 0.830. The van der Waals surface area contributed by atoms with Crippen molar-refractivity contribution in [3.05, 3.63) is 18.2 Å². The summed E-state index contributed by atoms with van der Waals surface area (Å²) in [5, 5.41) is 5.81. The number of nitrogens with one attached hydrogen (secondary N) is 2. The highest BCUT2D eigenvalue weighted by Crippen LogP contribution is 2.29. The summed E-state index contributed by atoms with van der Waals surface area (Å²) in [5.41, 5.74) is 0.637. The van der Waals surface area contributed by atoms with Crippen molar-refractivity contribution < 1.29 is 19.0 Å². The lowest BCUT2D eigenvalue weighted by atomic mass is 10.2. The number of carbonyl (C=O) groups excluding carboxylic acids is 1. The molecule has 2 N–H and O–H groups in total. The van der Waals surface area contributed by atoms with Crippen LogP contribution in [0.4, 0.5) is 10.5 Å². The first-order valence-corrected chi connectivity index (χ1v) is 8.04. The summed E-state index contributed by atoms with van der Waals surface area (Å²) in [4.78, 5) is 14.6. The van der Waals surface area contributed by atoms with Crippen molar-refractivity contribution in [2.45, 2.75) is 32.0 Å². The Morgan fingerprint density at radius 3 is 2.46 bits per heavy atom. The highest BCUT2D eigenvalue weighted by Gasteiger charge is 2.34. The molecule has 134 valence electrons. The second-order valence-electron chi connectivity index (χ2n) is 6.10. The van der Waals surface area contributed by atoms with Gasteiger partial charge in [0.2, 0.25) is 0 Å². The second kappa shape index (κ2) is 8.21. The summed E-state index contributed by atoms with van der Waals surface area (Å²) in [6.45, 7) is 5.86. The Kier molecular flexibility index (Phi) is 6.28. The Bertz CT molecular complexity index is 565. The molecule has 2 amide bonds. The fourth-order valence-electron chi connectivity index (χ4n) is 2.85. The fourth-order valence-corrected chi connectivity index (χ4v) is 2.85. The first kappa shape index (κ1) is 18.4. The van der Waals surface area contributed by atoms with Crippen molar-refractivity contribution in [2.75, 3.05) is 39.7 Å². The second-order valence-corrected chi connectivity index (χ2v) is 6.10. The number of likely N-dealkylation sites (tertiary alicyclic amines) is 1. The van der Waals surface area contributed by atoms with Crippen LogP contribution in [0.2, 0.25) is 0 Å². The molecule has 0 aliphatic carbocycles. The van der Waals surface area contributed by atoms with Gasteiger partial charge in [-0.15, -0.1) is 0 Å². The largest absolute Gasteiger partial charge is 0.493 e. The predicted molar refractivity (Wildman–Crippen MR) is 93.0 cm³/mol. The molecule has 0 aromatic heterocycles. The van der Waals surface area contributed by atoms with Crippen LogP contribution in [0.5, 0.6) is 11.5 Å². The van der Waals surface area contributed by atoms with Crippen LogP contribution in [0.15, 0.2) is 18.2 Å². The molecule has 1 aromatic rings. The fraction of sp³-hybridized carbons (Fsp3) is 0.588. The minimum absolute atomic E-state index is 0.0106. The van der Waals surface area contributed by atoms with Crippen LogP contribution in [-0.4, -0.2) is 63.5 Å². The molecular weight excluding hydrogens is 310 g/mol. The molecule has 0 spiro atoms. The predicted octanol–water partition coefficient (Wildman–Crippen LogP) is 1.93. The summed E-state index contributed by atoms with van der Waals surface area (Å²) in [6.07, 6.45) is -0.0106. The summed E-state index contributed by atoms with van der Waals surface area (Å²) in [5.74, 6) is 1.18. The molecule has 1 aliphatic heterocycles. The molecule has 2 atom stereocenters. The Balaban J connectivity index is 1.98. The van der Waals surface area contributed by atoms with Gasteiger partial charge in [0.15, 0.2) is 11.5 Å². The smallest absolute Gasteiger partial charge is 0.319 e. The van der Waals surface area contributed by atoms with E-state index in [4.69, 9.17) is 14.2 Å². The highest BCUT2D eigenvalue weighted by molar-refractivity contribution is 5.90. The van der Waals surface area contributed by atoms with Crippen LogP contribution in [-0.2, 0) is 4.74 Å². The van der Waals surface area contributed by atoms with E-state index >= 15 is 0 Å². The lowest BCUT2D eigenvalue weighted by Gasteiger charge is -2.20. The van der Waals surface area contributed by atoms with E-state index < -0.39 is 0 Å². The Hall–Kier alpha value is -1.99. The van der Waals surface area contributed by atoms with E-state index in [-0.39, 0.29) is 18.2 Å². The van der Waals surface area contributed by atoms with Crippen molar-refractivity contribution in [2.24, 2.45) is 0 Å². The standard InChI is InChI=1S/C17H27N3O4/c1-11(2)20-9-13(16(10-20)24-5)19-17(21)18-12-6-7-14(22-3)15(8-12)23-4/h6-8,11,13,16H,9-10H2,1-5H3,(H2,18,19,21)/t13-,16-/m1/s1. The molecule has 0 saturated carbocycles. The van der Waals surface area contributed by atoms with Crippen molar-refractivity contribution in [1.82, 2.24) is 10.2 Å². The molecule has 1 fully saturated rings. The number of amides is 2. The lowest BCUT2D eigenvalue weighted by molar-refractivity contribution is 0.0896. The zero-order valence-electron chi connectivity index (χ0n) is 15.0. The zero-order chi connectivity index (χ0) is 17.7. The number of rotatable bonds is 6. The van der Waals surface area contributed by atoms with E-state index in [1.807, 2.05) is 0 Å². The first-order valence-electron chi connectivity index (χ1n) is 8.04.